The molecule has 2 unspecified atom stereocenters. The summed E-state index contributed by atoms with van der Waals surface area (Å²) in [6.45, 7) is 6.28. The number of rotatable bonds is 3. The highest BCUT2D eigenvalue weighted by Crippen LogP contribution is 2.30. The number of nitrogens with one attached hydrogen (secondary N) is 1. The van der Waals surface area contributed by atoms with E-state index in [1.165, 1.54) is 25.7 Å². The standard InChI is InChI=1S/C15H21N3O3S/c1-10-6-11(2)9-17(8-10)15(22)16-13-5-4-12(18(19)20)7-14(13)21-3/h4-5,7,10-11H,6,8-9H2,1-3H3,(H,16,22). The fourth-order valence-electron chi connectivity index (χ4n) is 2.92. The van der Waals surface area contributed by atoms with Gasteiger partial charge < -0.3 is 15.0 Å². The van der Waals surface area contributed by atoms with E-state index >= 15 is 0 Å². The van der Waals surface area contributed by atoms with Crippen LogP contribution in [-0.2, 0) is 0 Å². The van der Waals surface area contributed by atoms with Crippen molar-refractivity contribution in [3.8, 4) is 5.75 Å². The second kappa shape index (κ2) is 6.91. The molecule has 22 heavy (non-hydrogen) atoms. The molecule has 1 aliphatic heterocycles. The first-order valence-corrected chi connectivity index (χ1v) is 7.70. The van der Waals surface area contributed by atoms with Gasteiger partial charge in [-0.1, -0.05) is 13.8 Å². The molecule has 7 heteroatoms. The van der Waals surface area contributed by atoms with Crippen molar-refractivity contribution in [3.63, 3.8) is 0 Å². The number of non-ortho nitro benzene ring substituents is 1. The maximum atomic E-state index is 10.8. The Morgan fingerprint density at radius 3 is 2.59 bits per heavy atom. The average molecular weight is 323 g/mol. The van der Waals surface area contributed by atoms with Crippen LogP contribution >= 0.6 is 12.2 Å². The average Bonchev–Trinajstić information content (AvgIpc) is 2.46. The number of nitro groups is 1. The Balaban J connectivity index is 2.12. The number of hydrogen-bond acceptors (Lipinski definition) is 4. The van der Waals surface area contributed by atoms with Gasteiger partial charge >= 0.3 is 0 Å². The number of methoxy groups -OCH3 is 1. The number of likely N-dealkylation sites (tertiary alicyclic amines) is 1. The normalized spacial score (nSPS) is 21.3. The Morgan fingerprint density at radius 2 is 2.05 bits per heavy atom. The summed E-state index contributed by atoms with van der Waals surface area (Å²) in [5.41, 5.74) is 0.637. The molecule has 1 fully saturated rings. The van der Waals surface area contributed by atoms with Crippen LogP contribution in [0.3, 0.4) is 0 Å². The van der Waals surface area contributed by atoms with Gasteiger partial charge in [0.1, 0.15) is 5.75 Å². The molecular weight excluding hydrogens is 302 g/mol. The van der Waals surface area contributed by atoms with Gasteiger partial charge in [0.05, 0.1) is 23.8 Å². The molecule has 120 valence electrons. The lowest BCUT2D eigenvalue weighted by atomic mass is 9.92. The van der Waals surface area contributed by atoms with Crippen molar-refractivity contribution in [1.82, 2.24) is 4.90 Å². The number of anilines is 1. The van der Waals surface area contributed by atoms with Crippen molar-refractivity contribution >= 4 is 28.7 Å². The zero-order valence-electron chi connectivity index (χ0n) is 13.0. The van der Waals surface area contributed by atoms with E-state index in [1.54, 1.807) is 6.07 Å². The van der Waals surface area contributed by atoms with Crippen molar-refractivity contribution in [2.75, 3.05) is 25.5 Å². The third-order valence-corrected chi connectivity index (χ3v) is 4.15. The first-order chi connectivity index (χ1) is 10.4. The fourth-order valence-corrected chi connectivity index (χ4v) is 3.18. The SMILES string of the molecule is COc1cc([N+](=O)[O-])ccc1NC(=S)N1CC(C)CC(C)C1. The third-order valence-electron chi connectivity index (χ3n) is 3.79. The summed E-state index contributed by atoms with van der Waals surface area (Å²) in [5.74, 6) is 1.61. The van der Waals surface area contributed by atoms with Crippen molar-refractivity contribution in [2.24, 2.45) is 11.8 Å². The topological polar surface area (TPSA) is 67.6 Å². The lowest BCUT2D eigenvalue weighted by Crippen LogP contribution is -2.44. The molecule has 2 rings (SSSR count). The maximum absolute atomic E-state index is 10.8. The number of benzene rings is 1. The van der Waals surface area contributed by atoms with Gasteiger partial charge in [0.15, 0.2) is 5.11 Å². The molecule has 2 atom stereocenters. The minimum atomic E-state index is -0.446. The molecule has 0 bridgehead atoms. The second-order valence-corrected chi connectivity index (χ2v) is 6.31. The third kappa shape index (κ3) is 3.85. The highest BCUT2D eigenvalue weighted by Gasteiger charge is 2.24. The van der Waals surface area contributed by atoms with Gasteiger partial charge in [0.2, 0.25) is 0 Å². The van der Waals surface area contributed by atoms with E-state index in [4.69, 9.17) is 17.0 Å². The number of ether oxygens (including phenoxy) is 1. The maximum Gasteiger partial charge on any atom is 0.273 e. The Kier molecular flexibility index (Phi) is 5.18. The first-order valence-electron chi connectivity index (χ1n) is 7.29. The lowest BCUT2D eigenvalue weighted by molar-refractivity contribution is -0.384. The molecule has 0 aliphatic carbocycles. The van der Waals surface area contributed by atoms with Gasteiger partial charge in [-0.15, -0.1) is 0 Å². The molecular formula is C15H21N3O3S. The molecule has 1 aromatic rings. The van der Waals surface area contributed by atoms with E-state index in [9.17, 15) is 10.1 Å². The predicted octanol–water partition coefficient (Wildman–Crippen LogP) is 3.28. The van der Waals surface area contributed by atoms with Crippen LogP contribution in [0.1, 0.15) is 20.3 Å². The van der Waals surface area contributed by atoms with Crippen molar-refractivity contribution in [2.45, 2.75) is 20.3 Å². The van der Waals surface area contributed by atoms with Crippen LogP contribution in [0.2, 0.25) is 0 Å². The van der Waals surface area contributed by atoms with Gasteiger partial charge in [0, 0.05) is 19.2 Å². The summed E-state index contributed by atoms with van der Waals surface area (Å²) in [5, 5.41) is 14.6. The lowest BCUT2D eigenvalue weighted by Gasteiger charge is -2.36. The van der Waals surface area contributed by atoms with E-state index in [0.29, 0.717) is 28.4 Å². The number of piperidine rings is 1. The number of nitrogens with zero attached hydrogens (tertiary/aromatic N) is 2. The molecule has 0 aromatic heterocycles. The van der Waals surface area contributed by atoms with Gasteiger partial charge in [-0.2, -0.15) is 0 Å². The van der Waals surface area contributed by atoms with Crippen LogP contribution < -0.4 is 10.1 Å². The zero-order valence-corrected chi connectivity index (χ0v) is 13.9. The molecule has 6 nitrogen and oxygen atoms in total. The Labute approximate surface area is 135 Å². The van der Waals surface area contributed by atoms with Crippen molar-refractivity contribution in [3.05, 3.63) is 28.3 Å². The summed E-state index contributed by atoms with van der Waals surface area (Å²) in [6, 6.07) is 4.46. The quantitative estimate of drug-likeness (QED) is 0.523. The van der Waals surface area contributed by atoms with Crippen LogP contribution in [0.5, 0.6) is 5.75 Å². The van der Waals surface area contributed by atoms with Gasteiger partial charge in [-0.25, -0.2) is 0 Å². The fraction of sp³-hybridized carbons (Fsp3) is 0.533. The van der Waals surface area contributed by atoms with Crippen LogP contribution in [-0.4, -0.2) is 35.1 Å². The molecule has 0 spiro atoms. The minimum absolute atomic E-state index is 0.00599. The molecule has 0 amide bonds. The highest BCUT2D eigenvalue weighted by molar-refractivity contribution is 7.80. The largest absolute Gasteiger partial charge is 0.494 e. The van der Waals surface area contributed by atoms with Crippen LogP contribution in [0.25, 0.3) is 0 Å². The van der Waals surface area contributed by atoms with E-state index < -0.39 is 4.92 Å². The zero-order chi connectivity index (χ0) is 16.3. The summed E-state index contributed by atoms with van der Waals surface area (Å²) in [6.07, 6.45) is 1.21. The predicted molar refractivity (Wildman–Crippen MR) is 90.4 cm³/mol. The summed E-state index contributed by atoms with van der Waals surface area (Å²) < 4.78 is 5.22. The van der Waals surface area contributed by atoms with Gasteiger partial charge in [-0.3, -0.25) is 10.1 Å². The number of nitro benzene ring substituents is 1. The molecule has 1 aliphatic rings. The summed E-state index contributed by atoms with van der Waals surface area (Å²) in [7, 11) is 1.48. The van der Waals surface area contributed by atoms with Gasteiger partial charge in [0.25, 0.3) is 5.69 Å². The van der Waals surface area contributed by atoms with E-state index in [2.05, 4.69) is 24.1 Å². The Morgan fingerprint density at radius 1 is 1.41 bits per heavy atom. The van der Waals surface area contributed by atoms with E-state index in [-0.39, 0.29) is 5.69 Å². The molecule has 1 aromatic carbocycles. The molecule has 1 heterocycles. The highest BCUT2D eigenvalue weighted by atomic mass is 32.1. The van der Waals surface area contributed by atoms with E-state index in [0.717, 1.165) is 13.1 Å². The Bertz CT molecular complexity index is 569. The monoisotopic (exact) mass is 323 g/mol. The second-order valence-electron chi connectivity index (χ2n) is 5.92. The molecule has 1 N–H and O–H groups in total. The van der Waals surface area contributed by atoms with Gasteiger partial charge in [-0.05, 0) is 36.5 Å². The van der Waals surface area contributed by atoms with Crippen LogP contribution in [0.15, 0.2) is 18.2 Å². The smallest absolute Gasteiger partial charge is 0.273 e. The number of hydrogen-bond donors (Lipinski definition) is 1. The summed E-state index contributed by atoms with van der Waals surface area (Å²) >= 11 is 5.48. The summed E-state index contributed by atoms with van der Waals surface area (Å²) in [4.78, 5) is 12.5. The Hall–Kier alpha value is -1.89. The molecule has 0 saturated carbocycles. The molecule has 0 radical (unpaired) electrons. The molecule has 1 saturated heterocycles. The van der Waals surface area contributed by atoms with E-state index in [1.807, 2.05) is 0 Å². The number of thiocarbonyl (C=S) groups is 1. The van der Waals surface area contributed by atoms with Crippen LogP contribution in [0, 0.1) is 22.0 Å². The van der Waals surface area contributed by atoms with Crippen LogP contribution in [0.4, 0.5) is 11.4 Å². The first kappa shape index (κ1) is 16.5. The minimum Gasteiger partial charge on any atom is -0.494 e. The van der Waals surface area contributed by atoms with Crippen molar-refractivity contribution in [1.29, 1.82) is 0 Å². The van der Waals surface area contributed by atoms with Crippen molar-refractivity contribution < 1.29 is 9.66 Å².